The molecular weight excluding hydrogens is 364 g/mol. The lowest BCUT2D eigenvalue weighted by Gasteiger charge is -2.34. The average molecular weight is 381 g/mol. The van der Waals surface area contributed by atoms with E-state index in [4.69, 9.17) is 11.6 Å². The molecule has 0 unspecified atom stereocenters. The first-order chi connectivity index (χ1) is 11.5. The molecule has 1 aliphatic rings. The molecule has 0 aliphatic carbocycles. The fraction of sp³-hybridized carbons (Fsp3) is 0.353. The molecule has 2 heterocycles. The van der Waals surface area contributed by atoms with Crippen molar-refractivity contribution < 1.29 is 13.2 Å². The van der Waals surface area contributed by atoms with Crippen LogP contribution in [0.4, 0.5) is 0 Å². The molecule has 1 N–H and O–H groups in total. The SMILES string of the molecule is Cc1cc(-c2c[nH]n(C)c2=O)c(Cl)c2c1S(=O)(=O)C(=C=O)CC2(C)C. The number of allylic oxidation sites excluding steroid dienone is 1. The van der Waals surface area contributed by atoms with Crippen LogP contribution in [-0.4, -0.2) is 24.1 Å². The van der Waals surface area contributed by atoms with Gasteiger partial charge in [-0.3, -0.25) is 9.48 Å². The first-order valence-electron chi connectivity index (χ1n) is 7.60. The summed E-state index contributed by atoms with van der Waals surface area (Å²) in [5.41, 5.74) is 0.771. The van der Waals surface area contributed by atoms with Crippen LogP contribution in [0.5, 0.6) is 0 Å². The molecule has 0 atom stereocenters. The van der Waals surface area contributed by atoms with Gasteiger partial charge >= 0.3 is 0 Å². The van der Waals surface area contributed by atoms with Crippen LogP contribution in [-0.2, 0) is 27.1 Å². The van der Waals surface area contributed by atoms with Crippen LogP contribution in [0, 0.1) is 6.92 Å². The third-order valence-corrected chi connectivity index (χ3v) is 6.95. The Morgan fingerprint density at radius 1 is 1.32 bits per heavy atom. The summed E-state index contributed by atoms with van der Waals surface area (Å²) in [4.78, 5) is 23.2. The van der Waals surface area contributed by atoms with Crippen LogP contribution in [0.25, 0.3) is 11.1 Å². The number of benzene rings is 1. The monoisotopic (exact) mass is 380 g/mol. The van der Waals surface area contributed by atoms with Gasteiger partial charge in [-0.25, -0.2) is 13.2 Å². The predicted molar refractivity (Wildman–Crippen MR) is 95.3 cm³/mol. The highest BCUT2D eigenvalue weighted by Gasteiger charge is 2.43. The van der Waals surface area contributed by atoms with E-state index in [1.165, 1.54) is 10.9 Å². The van der Waals surface area contributed by atoms with Crippen molar-refractivity contribution in [3.05, 3.63) is 43.7 Å². The van der Waals surface area contributed by atoms with Gasteiger partial charge in [0, 0.05) is 25.2 Å². The Hall–Kier alpha value is -2.08. The molecule has 2 aromatic rings. The van der Waals surface area contributed by atoms with Crippen LogP contribution >= 0.6 is 11.6 Å². The number of aromatic amines is 1. The second-order valence-electron chi connectivity index (χ2n) is 6.90. The number of nitrogens with one attached hydrogen (secondary N) is 1. The summed E-state index contributed by atoms with van der Waals surface area (Å²) in [5.74, 6) is 1.57. The van der Waals surface area contributed by atoms with Gasteiger partial charge in [0.1, 0.15) is 10.8 Å². The van der Waals surface area contributed by atoms with Crippen LogP contribution in [0.1, 0.15) is 31.4 Å². The molecule has 1 aromatic heterocycles. The van der Waals surface area contributed by atoms with E-state index in [1.807, 2.05) is 13.8 Å². The van der Waals surface area contributed by atoms with Crippen LogP contribution in [0.15, 0.2) is 26.9 Å². The van der Waals surface area contributed by atoms with E-state index in [0.717, 1.165) is 0 Å². The minimum Gasteiger partial charge on any atom is -0.303 e. The van der Waals surface area contributed by atoms with Gasteiger partial charge in [0.25, 0.3) is 5.56 Å². The summed E-state index contributed by atoms with van der Waals surface area (Å²) >= 11 is 6.58. The molecular formula is C17H17ClN2O4S. The maximum absolute atomic E-state index is 12.8. The van der Waals surface area contributed by atoms with Gasteiger partial charge in [0.15, 0.2) is 0 Å². The second kappa shape index (κ2) is 5.46. The number of aryl methyl sites for hydroxylation is 2. The topological polar surface area (TPSA) is 89.0 Å². The van der Waals surface area contributed by atoms with Gasteiger partial charge in [-0.05, 0) is 29.5 Å². The van der Waals surface area contributed by atoms with Gasteiger partial charge in [0.2, 0.25) is 9.84 Å². The molecule has 0 radical (unpaired) electrons. The predicted octanol–water partition coefficient (Wildman–Crippen LogP) is 2.51. The fourth-order valence-electron chi connectivity index (χ4n) is 3.38. The molecule has 1 aliphatic heterocycles. The smallest absolute Gasteiger partial charge is 0.274 e. The van der Waals surface area contributed by atoms with E-state index in [2.05, 4.69) is 5.10 Å². The van der Waals surface area contributed by atoms with Gasteiger partial charge in [-0.15, -0.1) is 0 Å². The second-order valence-corrected chi connectivity index (χ2v) is 9.19. The van der Waals surface area contributed by atoms with Gasteiger partial charge < -0.3 is 5.10 Å². The lowest BCUT2D eigenvalue weighted by molar-refractivity contribution is 0.492. The molecule has 3 rings (SSSR count). The molecule has 0 bridgehead atoms. The van der Waals surface area contributed by atoms with E-state index in [1.54, 1.807) is 26.0 Å². The summed E-state index contributed by atoms with van der Waals surface area (Å²) < 4.78 is 26.9. The highest BCUT2D eigenvalue weighted by molar-refractivity contribution is 7.95. The van der Waals surface area contributed by atoms with E-state index in [-0.39, 0.29) is 26.8 Å². The van der Waals surface area contributed by atoms with E-state index in [0.29, 0.717) is 22.3 Å². The van der Waals surface area contributed by atoms with Gasteiger partial charge in [-0.2, -0.15) is 0 Å². The number of halogens is 1. The third-order valence-electron chi connectivity index (χ3n) is 4.62. The summed E-state index contributed by atoms with van der Waals surface area (Å²) in [5, 5.41) is 3.01. The maximum Gasteiger partial charge on any atom is 0.274 e. The Kier molecular flexibility index (Phi) is 3.87. The molecule has 0 amide bonds. The Morgan fingerprint density at radius 3 is 2.48 bits per heavy atom. The minimum atomic E-state index is -3.94. The first kappa shape index (κ1) is 17.7. The quantitative estimate of drug-likeness (QED) is 0.770. The van der Waals surface area contributed by atoms with Crippen molar-refractivity contribution in [2.45, 2.75) is 37.5 Å². The fourth-order valence-corrected chi connectivity index (χ4v) is 5.98. The molecule has 8 heteroatoms. The summed E-state index contributed by atoms with van der Waals surface area (Å²) in [6, 6.07) is 1.58. The molecule has 0 saturated carbocycles. The standard InChI is InChI=1S/C17H17ClN2O4S/c1-9-5-11(12-7-19-20(4)16(12)22)14(18)13-15(9)25(23,24)10(8-21)6-17(13,2)3/h5,7,19H,6H2,1-4H3. The average Bonchev–Trinajstić information content (AvgIpc) is 2.84. The zero-order chi connectivity index (χ0) is 18.7. The van der Waals surface area contributed by atoms with Crippen molar-refractivity contribution in [3.8, 4) is 11.1 Å². The Bertz CT molecular complexity index is 1120. The third kappa shape index (κ3) is 2.42. The Labute approximate surface area is 150 Å². The first-order valence-corrected chi connectivity index (χ1v) is 9.46. The summed E-state index contributed by atoms with van der Waals surface area (Å²) in [7, 11) is -2.36. The molecule has 0 saturated heterocycles. The number of hydrogen-bond donors (Lipinski definition) is 1. The molecule has 0 spiro atoms. The number of hydrogen-bond acceptors (Lipinski definition) is 4. The van der Waals surface area contributed by atoms with Crippen molar-refractivity contribution >= 4 is 27.4 Å². The zero-order valence-electron chi connectivity index (χ0n) is 14.2. The molecule has 132 valence electrons. The van der Waals surface area contributed by atoms with Crippen molar-refractivity contribution in [2.24, 2.45) is 7.05 Å². The Morgan fingerprint density at radius 2 is 1.96 bits per heavy atom. The number of aromatic nitrogens is 2. The van der Waals surface area contributed by atoms with Crippen molar-refractivity contribution in [1.82, 2.24) is 9.78 Å². The minimum absolute atomic E-state index is 0.0135. The normalized spacial score (nSPS) is 17.9. The van der Waals surface area contributed by atoms with E-state index in [9.17, 15) is 18.0 Å². The number of rotatable bonds is 1. The van der Waals surface area contributed by atoms with Crippen LogP contribution in [0.2, 0.25) is 5.02 Å². The molecule has 25 heavy (non-hydrogen) atoms. The molecule has 6 nitrogen and oxygen atoms in total. The molecule has 1 aromatic carbocycles. The number of sulfone groups is 1. The number of carbonyl (C=O) groups excluding carboxylic acids is 1. The van der Waals surface area contributed by atoms with Crippen molar-refractivity contribution in [2.75, 3.05) is 0 Å². The van der Waals surface area contributed by atoms with E-state index < -0.39 is 15.3 Å². The molecule has 0 fully saturated rings. The van der Waals surface area contributed by atoms with Gasteiger partial charge in [-0.1, -0.05) is 25.4 Å². The Balaban J connectivity index is 2.48. The van der Waals surface area contributed by atoms with Crippen LogP contribution < -0.4 is 5.56 Å². The van der Waals surface area contributed by atoms with Crippen molar-refractivity contribution in [1.29, 1.82) is 0 Å². The highest BCUT2D eigenvalue weighted by Crippen LogP contribution is 2.49. The number of fused-ring (bicyclic) bond motifs is 1. The maximum atomic E-state index is 12.8. The van der Waals surface area contributed by atoms with E-state index >= 15 is 0 Å². The summed E-state index contributed by atoms with van der Waals surface area (Å²) in [6.45, 7) is 5.28. The zero-order valence-corrected chi connectivity index (χ0v) is 15.8. The van der Waals surface area contributed by atoms with Gasteiger partial charge in [0.05, 0.1) is 15.5 Å². The number of nitrogens with zero attached hydrogens (tertiary/aromatic N) is 1. The lowest BCUT2D eigenvalue weighted by Crippen LogP contribution is -2.31. The van der Waals surface area contributed by atoms with Crippen LogP contribution in [0.3, 0.4) is 0 Å². The van der Waals surface area contributed by atoms with Crippen molar-refractivity contribution in [3.63, 3.8) is 0 Å². The number of H-pyrrole nitrogens is 1. The largest absolute Gasteiger partial charge is 0.303 e. The highest BCUT2D eigenvalue weighted by atomic mass is 35.5. The summed E-state index contributed by atoms with van der Waals surface area (Å²) in [6.07, 6.45) is 1.55. The lowest BCUT2D eigenvalue weighted by atomic mass is 9.79.